The molecule has 1 unspecified atom stereocenters. The number of rotatable bonds is 3. The molecule has 0 radical (unpaired) electrons. The molecule has 1 aliphatic heterocycles. The lowest BCUT2D eigenvalue weighted by Gasteiger charge is -2.15. The average Bonchev–Trinajstić information content (AvgIpc) is 3.19. The molecule has 0 fully saturated rings. The summed E-state index contributed by atoms with van der Waals surface area (Å²) in [6, 6.07) is 11.4. The number of H-pyrrole nitrogens is 1. The van der Waals surface area contributed by atoms with E-state index in [0.717, 1.165) is 33.7 Å². The molecule has 4 rings (SSSR count). The maximum atomic E-state index is 12.8. The van der Waals surface area contributed by atoms with Gasteiger partial charge in [-0.15, -0.1) is 0 Å². The number of benzene rings is 2. The van der Waals surface area contributed by atoms with Gasteiger partial charge in [0, 0.05) is 11.1 Å². The number of hydrogen-bond acceptors (Lipinski definition) is 3. The van der Waals surface area contributed by atoms with Crippen molar-refractivity contribution in [2.45, 2.75) is 26.8 Å². The summed E-state index contributed by atoms with van der Waals surface area (Å²) in [6.07, 6.45) is 0. The first kappa shape index (κ1) is 15.6. The van der Waals surface area contributed by atoms with Crippen molar-refractivity contribution < 1.29 is 14.3 Å². The van der Waals surface area contributed by atoms with Crippen LogP contribution in [-0.4, -0.2) is 17.7 Å². The normalized spacial score (nSPS) is 13.9. The number of aromatic nitrogens is 1. The van der Waals surface area contributed by atoms with E-state index in [1.165, 1.54) is 5.56 Å². The molecule has 25 heavy (non-hydrogen) atoms. The van der Waals surface area contributed by atoms with E-state index in [1.807, 2.05) is 50.2 Å². The number of aryl methyl sites for hydroxylation is 2. The Morgan fingerprint density at radius 3 is 2.80 bits per heavy atom. The van der Waals surface area contributed by atoms with Crippen LogP contribution in [0.25, 0.3) is 10.9 Å². The lowest BCUT2D eigenvalue weighted by molar-refractivity contribution is 0.0941. The highest BCUT2D eigenvalue weighted by Crippen LogP contribution is 2.34. The summed E-state index contributed by atoms with van der Waals surface area (Å²) < 4.78 is 10.7. The molecule has 2 aromatic carbocycles. The van der Waals surface area contributed by atoms with Crippen molar-refractivity contribution in [1.82, 2.24) is 10.3 Å². The molecule has 0 bridgehead atoms. The summed E-state index contributed by atoms with van der Waals surface area (Å²) >= 11 is 0. The summed E-state index contributed by atoms with van der Waals surface area (Å²) in [6.45, 7) is 6.28. The Balaban J connectivity index is 1.61. The van der Waals surface area contributed by atoms with Crippen LogP contribution in [0.5, 0.6) is 11.5 Å². The van der Waals surface area contributed by atoms with Crippen molar-refractivity contribution in [3.63, 3.8) is 0 Å². The van der Waals surface area contributed by atoms with E-state index in [2.05, 4.69) is 17.2 Å². The van der Waals surface area contributed by atoms with Gasteiger partial charge in [0.05, 0.1) is 17.1 Å². The van der Waals surface area contributed by atoms with Gasteiger partial charge < -0.3 is 19.8 Å². The van der Waals surface area contributed by atoms with Gasteiger partial charge in [0.25, 0.3) is 5.91 Å². The quantitative estimate of drug-likeness (QED) is 0.760. The highest BCUT2D eigenvalue weighted by Gasteiger charge is 2.19. The lowest BCUT2D eigenvalue weighted by Crippen LogP contribution is -2.26. The predicted octanol–water partition coefficient (Wildman–Crippen LogP) is 4.00. The number of hydrogen-bond donors (Lipinski definition) is 2. The fraction of sp³-hybridized carbons (Fsp3) is 0.250. The highest BCUT2D eigenvalue weighted by atomic mass is 16.7. The molecule has 5 heteroatoms. The minimum Gasteiger partial charge on any atom is -0.454 e. The van der Waals surface area contributed by atoms with Crippen molar-refractivity contribution in [2.75, 3.05) is 6.79 Å². The van der Waals surface area contributed by atoms with Gasteiger partial charge >= 0.3 is 0 Å². The van der Waals surface area contributed by atoms with Crippen molar-refractivity contribution in [2.24, 2.45) is 0 Å². The summed E-state index contributed by atoms with van der Waals surface area (Å²) in [5.41, 5.74) is 4.77. The third-order valence-corrected chi connectivity index (χ3v) is 4.83. The lowest BCUT2D eigenvalue weighted by atomic mass is 10.1. The van der Waals surface area contributed by atoms with Crippen LogP contribution < -0.4 is 14.8 Å². The van der Waals surface area contributed by atoms with Crippen molar-refractivity contribution in [3.05, 3.63) is 58.8 Å². The van der Waals surface area contributed by atoms with Gasteiger partial charge in [0.15, 0.2) is 11.5 Å². The van der Waals surface area contributed by atoms with Crippen molar-refractivity contribution >= 4 is 16.8 Å². The van der Waals surface area contributed by atoms with E-state index >= 15 is 0 Å². The Labute approximate surface area is 146 Å². The van der Waals surface area contributed by atoms with Crippen molar-refractivity contribution in [3.8, 4) is 11.5 Å². The van der Waals surface area contributed by atoms with Crippen LogP contribution in [-0.2, 0) is 0 Å². The molecule has 1 aromatic heterocycles. The number of ether oxygens (including phenoxy) is 2. The molecule has 1 aliphatic rings. The summed E-state index contributed by atoms with van der Waals surface area (Å²) in [5, 5.41) is 4.15. The zero-order valence-electron chi connectivity index (χ0n) is 14.5. The SMILES string of the molecule is Cc1[nH]c2c(C(=O)NC(C)c3ccc4c(c3)OCO4)cccc2c1C. The number of aromatic amines is 1. The maximum absolute atomic E-state index is 12.8. The second-order valence-electron chi connectivity index (χ2n) is 6.41. The number of fused-ring (bicyclic) bond motifs is 2. The van der Waals surface area contributed by atoms with E-state index in [4.69, 9.17) is 9.47 Å². The number of para-hydroxylation sites is 1. The molecule has 2 heterocycles. The zero-order valence-corrected chi connectivity index (χ0v) is 14.5. The molecule has 128 valence electrons. The zero-order chi connectivity index (χ0) is 17.6. The summed E-state index contributed by atoms with van der Waals surface area (Å²) in [7, 11) is 0. The number of carbonyl (C=O) groups excluding carboxylic acids is 1. The van der Waals surface area contributed by atoms with E-state index in [0.29, 0.717) is 5.56 Å². The Morgan fingerprint density at radius 1 is 1.16 bits per heavy atom. The molecular weight excluding hydrogens is 316 g/mol. The van der Waals surface area contributed by atoms with Crippen LogP contribution in [0.4, 0.5) is 0 Å². The molecule has 5 nitrogen and oxygen atoms in total. The minimum absolute atomic E-state index is 0.1000. The van der Waals surface area contributed by atoms with E-state index in [-0.39, 0.29) is 18.7 Å². The topological polar surface area (TPSA) is 63.4 Å². The highest BCUT2D eigenvalue weighted by molar-refractivity contribution is 6.06. The van der Waals surface area contributed by atoms with Gasteiger partial charge in [-0.2, -0.15) is 0 Å². The maximum Gasteiger partial charge on any atom is 0.253 e. The molecule has 0 aliphatic carbocycles. The summed E-state index contributed by atoms with van der Waals surface area (Å²) in [4.78, 5) is 16.1. The molecule has 2 N–H and O–H groups in total. The minimum atomic E-state index is -0.144. The van der Waals surface area contributed by atoms with Gasteiger partial charge in [0.1, 0.15) is 0 Å². The second kappa shape index (κ2) is 5.84. The van der Waals surface area contributed by atoms with Crippen LogP contribution in [0, 0.1) is 13.8 Å². The molecule has 0 spiro atoms. The first-order valence-electron chi connectivity index (χ1n) is 8.33. The molecular formula is C20H20N2O3. The smallest absolute Gasteiger partial charge is 0.253 e. The van der Waals surface area contributed by atoms with Crippen LogP contribution in [0.3, 0.4) is 0 Å². The van der Waals surface area contributed by atoms with Gasteiger partial charge in [-0.05, 0) is 50.1 Å². The molecule has 0 saturated heterocycles. The third-order valence-electron chi connectivity index (χ3n) is 4.83. The molecule has 3 aromatic rings. The van der Waals surface area contributed by atoms with E-state index in [1.54, 1.807) is 0 Å². The van der Waals surface area contributed by atoms with Gasteiger partial charge in [-0.25, -0.2) is 0 Å². The van der Waals surface area contributed by atoms with Gasteiger partial charge in [-0.3, -0.25) is 4.79 Å². The van der Waals surface area contributed by atoms with E-state index < -0.39 is 0 Å². The Kier molecular flexibility index (Phi) is 3.64. The largest absolute Gasteiger partial charge is 0.454 e. The summed E-state index contributed by atoms with van der Waals surface area (Å²) in [5.74, 6) is 1.36. The third kappa shape index (κ3) is 2.61. The van der Waals surface area contributed by atoms with Crippen LogP contribution in [0.15, 0.2) is 36.4 Å². The average molecular weight is 336 g/mol. The number of nitrogens with one attached hydrogen (secondary N) is 2. The van der Waals surface area contributed by atoms with Crippen LogP contribution in [0.2, 0.25) is 0 Å². The molecule has 1 amide bonds. The number of carbonyl (C=O) groups is 1. The Morgan fingerprint density at radius 2 is 1.96 bits per heavy atom. The Hall–Kier alpha value is -2.95. The van der Waals surface area contributed by atoms with Crippen LogP contribution in [0.1, 0.15) is 40.1 Å². The Bertz CT molecular complexity index is 974. The molecule has 1 atom stereocenters. The standard InChI is InChI=1S/C20H20N2O3/c1-11-12(2)21-19-15(11)5-4-6-16(19)20(23)22-13(3)14-7-8-17-18(9-14)25-10-24-17/h4-9,13,21H,10H2,1-3H3,(H,22,23). The number of amides is 1. The monoisotopic (exact) mass is 336 g/mol. The predicted molar refractivity (Wildman–Crippen MR) is 96.2 cm³/mol. The van der Waals surface area contributed by atoms with E-state index in [9.17, 15) is 4.79 Å². The van der Waals surface area contributed by atoms with Gasteiger partial charge in [-0.1, -0.05) is 18.2 Å². The first-order chi connectivity index (χ1) is 12.0. The fourth-order valence-corrected chi connectivity index (χ4v) is 3.21. The molecule has 0 saturated carbocycles. The van der Waals surface area contributed by atoms with Gasteiger partial charge in [0.2, 0.25) is 6.79 Å². The first-order valence-corrected chi connectivity index (χ1v) is 8.33. The fourth-order valence-electron chi connectivity index (χ4n) is 3.21. The second-order valence-corrected chi connectivity index (χ2v) is 6.41. The van der Waals surface area contributed by atoms with Crippen LogP contribution >= 0.6 is 0 Å². The van der Waals surface area contributed by atoms with Crippen molar-refractivity contribution in [1.29, 1.82) is 0 Å².